The highest BCUT2D eigenvalue weighted by Crippen LogP contribution is 2.21. The van der Waals surface area contributed by atoms with Crippen molar-refractivity contribution in [1.29, 1.82) is 0 Å². The number of benzene rings is 1. The Hall–Kier alpha value is -3.20. The number of piperazine rings is 2. The van der Waals surface area contributed by atoms with Crippen LogP contribution in [-0.4, -0.2) is 84.0 Å². The molecule has 9 nitrogen and oxygen atoms in total. The molecule has 0 unspecified atom stereocenters. The Balaban J connectivity index is 1.31. The second-order valence-corrected chi connectivity index (χ2v) is 8.57. The number of anilines is 2. The minimum atomic E-state index is -0.454. The van der Waals surface area contributed by atoms with Crippen molar-refractivity contribution in [1.82, 2.24) is 14.8 Å². The summed E-state index contributed by atoms with van der Waals surface area (Å²) in [5.74, 6) is 0.738. The number of hydrogen-bond acceptors (Lipinski definition) is 7. The summed E-state index contributed by atoms with van der Waals surface area (Å²) in [4.78, 5) is 36.3. The molecule has 0 saturated carbocycles. The Morgan fingerprint density at radius 1 is 0.906 bits per heavy atom. The Labute approximate surface area is 188 Å². The maximum Gasteiger partial charge on any atom is 0.287 e. The summed E-state index contributed by atoms with van der Waals surface area (Å²) in [6.07, 6.45) is 1.27. The molecule has 3 heterocycles. The maximum atomic E-state index is 13.0. The van der Waals surface area contributed by atoms with Gasteiger partial charge < -0.3 is 14.7 Å². The van der Waals surface area contributed by atoms with Crippen LogP contribution < -0.4 is 9.80 Å². The van der Waals surface area contributed by atoms with Gasteiger partial charge in [0.1, 0.15) is 12.0 Å². The molecule has 2 aliphatic heterocycles. The zero-order valence-corrected chi connectivity index (χ0v) is 18.7. The molecule has 0 bridgehead atoms. The van der Waals surface area contributed by atoms with Gasteiger partial charge in [0.05, 0.1) is 4.92 Å². The molecular weight excluding hydrogens is 408 g/mol. The van der Waals surface area contributed by atoms with E-state index in [4.69, 9.17) is 0 Å². The van der Waals surface area contributed by atoms with Crippen molar-refractivity contribution in [3.05, 3.63) is 58.3 Å². The molecule has 2 fully saturated rings. The van der Waals surface area contributed by atoms with Gasteiger partial charge in [0.25, 0.3) is 11.6 Å². The number of nitrogens with zero attached hydrogens (tertiary/aromatic N) is 6. The lowest BCUT2D eigenvalue weighted by Gasteiger charge is -2.38. The third-order valence-electron chi connectivity index (χ3n) is 6.36. The summed E-state index contributed by atoms with van der Waals surface area (Å²) < 4.78 is 0. The van der Waals surface area contributed by atoms with Gasteiger partial charge in [-0.15, -0.1) is 0 Å². The van der Waals surface area contributed by atoms with Crippen LogP contribution in [-0.2, 0) is 0 Å². The third-order valence-corrected chi connectivity index (χ3v) is 6.36. The average molecular weight is 439 g/mol. The van der Waals surface area contributed by atoms with Gasteiger partial charge in [-0.1, -0.05) is 0 Å². The van der Waals surface area contributed by atoms with E-state index in [1.807, 2.05) is 21.9 Å². The highest BCUT2D eigenvalue weighted by atomic mass is 16.6. The first kappa shape index (κ1) is 22.0. The lowest BCUT2D eigenvalue weighted by molar-refractivity contribution is -0.385. The van der Waals surface area contributed by atoms with E-state index >= 15 is 0 Å². The zero-order valence-electron chi connectivity index (χ0n) is 18.7. The number of carbonyl (C=O) groups is 1. The first-order valence-corrected chi connectivity index (χ1v) is 11.2. The number of pyridine rings is 1. The fourth-order valence-electron chi connectivity index (χ4n) is 4.31. The summed E-state index contributed by atoms with van der Waals surface area (Å²) in [7, 11) is 0. The molecule has 4 rings (SSSR count). The van der Waals surface area contributed by atoms with Crippen LogP contribution >= 0.6 is 0 Å². The standard InChI is InChI=1S/C23H30N6O3/c1-18(2)25-9-11-26(12-10-25)20-5-3-19(4-6-20)23(30)28-15-13-27(14-16-28)22-8-7-21(17-24-22)29(31)32/h3-8,17-18H,9-16H2,1-2H3. The van der Waals surface area contributed by atoms with E-state index in [9.17, 15) is 14.9 Å². The van der Waals surface area contributed by atoms with Crippen LogP contribution in [0.1, 0.15) is 24.2 Å². The van der Waals surface area contributed by atoms with E-state index in [-0.39, 0.29) is 11.6 Å². The number of hydrogen-bond donors (Lipinski definition) is 0. The molecule has 9 heteroatoms. The van der Waals surface area contributed by atoms with Crippen LogP contribution in [0.5, 0.6) is 0 Å². The number of carbonyl (C=O) groups excluding carboxylic acids is 1. The highest BCUT2D eigenvalue weighted by molar-refractivity contribution is 5.94. The van der Waals surface area contributed by atoms with E-state index in [1.165, 1.54) is 18.0 Å². The van der Waals surface area contributed by atoms with Crippen molar-refractivity contribution in [3.63, 3.8) is 0 Å². The Kier molecular flexibility index (Phi) is 6.55. The van der Waals surface area contributed by atoms with Crippen molar-refractivity contribution in [2.24, 2.45) is 0 Å². The number of rotatable bonds is 5. The molecule has 2 aromatic rings. The van der Waals surface area contributed by atoms with Gasteiger partial charge in [0.15, 0.2) is 0 Å². The summed E-state index contributed by atoms with van der Waals surface area (Å²) in [5, 5.41) is 10.8. The SMILES string of the molecule is CC(C)N1CCN(c2ccc(C(=O)N3CCN(c4ccc([N+](=O)[O-])cn4)CC3)cc2)CC1. The van der Waals surface area contributed by atoms with E-state index in [0.717, 1.165) is 26.2 Å². The second kappa shape index (κ2) is 9.52. The topological polar surface area (TPSA) is 86.1 Å². The zero-order chi connectivity index (χ0) is 22.7. The molecule has 1 aromatic heterocycles. The van der Waals surface area contributed by atoms with Crippen molar-refractivity contribution < 1.29 is 9.72 Å². The maximum absolute atomic E-state index is 13.0. The first-order chi connectivity index (χ1) is 15.4. The third kappa shape index (κ3) is 4.83. The minimum Gasteiger partial charge on any atom is -0.369 e. The smallest absolute Gasteiger partial charge is 0.287 e. The molecule has 2 saturated heterocycles. The summed E-state index contributed by atoms with van der Waals surface area (Å²) in [5.41, 5.74) is 1.85. The number of nitro groups is 1. The Morgan fingerprint density at radius 3 is 2.06 bits per heavy atom. The minimum absolute atomic E-state index is 0.0205. The van der Waals surface area contributed by atoms with Crippen molar-refractivity contribution >= 4 is 23.1 Å². The first-order valence-electron chi connectivity index (χ1n) is 11.2. The molecular formula is C23H30N6O3. The molecule has 0 N–H and O–H groups in total. The molecule has 2 aliphatic rings. The normalized spacial score (nSPS) is 17.7. The van der Waals surface area contributed by atoms with Gasteiger partial charge >= 0.3 is 0 Å². The van der Waals surface area contributed by atoms with Crippen LogP contribution in [0.3, 0.4) is 0 Å². The lowest BCUT2D eigenvalue weighted by atomic mass is 10.1. The van der Waals surface area contributed by atoms with Gasteiger partial charge in [-0.25, -0.2) is 4.98 Å². The van der Waals surface area contributed by atoms with Crippen LogP contribution in [0.2, 0.25) is 0 Å². The predicted octanol–water partition coefficient (Wildman–Crippen LogP) is 2.48. The summed E-state index contributed by atoms with van der Waals surface area (Å²) in [6.45, 7) is 11.1. The average Bonchev–Trinajstić information content (AvgIpc) is 2.84. The van der Waals surface area contributed by atoms with Gasteiger partial charge in [-0.3, -0.25) is 19.8 Å². The molecule has 0 aliphatic carbocycles. The predicted molar refractivity (Wildman–Crippen MR) is 124 cm³/mol. The van der Waals surface area contributed by atoms with E-state index in [2.05, 4.69) is 40.8 Å². The van der Waals surface area contributed by atoms with Crippen LogP contribution in [0.25, 0.3) is 0 Å². The van der Waals surface area contributed by atoms with E-state index in [0.29, 0.717) is 43.6 Å². The van der Waals surface area contributed by atoms with Gasteiger partial charge in [-0.2, -0.15) is 0 Å². The molecule has 32 heavy (non-hydrogen) atoms. The van der Waals surface area contributed by atoms with E-state index < -0.39 is 4.92 Å². The Bertz CT molecular complexity index is 931. The van der Waals surface area contributed by atoms with Gasteiger partial charge in [0.2, 0.25) is 0 Å². The molecule has 170 valence electrons. The summed E-state index contributed by atoms with van der Waals surface area (Å²) in [6, 6.07) is 11.7. The van der Waals surface area contributed by atoms with Gasteiger partial charge in [0, 0.05) is 75.7 Å². The summed E-state index contributed by atoms with van der Waals surface area (Å²) >= 11 is 0. The second-order valence-electron chi connectivity index (χ2n) is 8.57. The fraction of sp³-hybridized carbons (Fsp3) is 0.478. The highest BCUT2D eigenvalue weighted by Gasteiger charge is 2.24. The van der Waals surface area contributed by atoms with Crippen LogP contribution in [0.15, 0.2) is 42.6 Å². The van der Waals surface area contributed by atoms with Crippen LogP contribution in [0.4, 0.5) is 17.2 Å². The van der Waals surface area contributed by atoms with Crippen molar-refractivity contribution in [3.8, 4) is 0 Å². The molecule has 1 amide bonds. The molecule has 0 spiro atoms. The molecule has 1 aromatic carbocycles. The van der Waals surface area contributed by atoms with Gasteiger partial charge in [-0.05, 0) is 44.2 Å². The Morgan fingerprint density at radius 2 is 1.53 bits per heavy atom. The fourth-order valence-corrected chi connectivity index (χ4v) is 4.31. The number of aromatic nitrogens is 1. The van der Waals surface area contributed by atoms with Crippen molar-refractivity contribution in [2.75, 3.05) is 62.2 Å². The van der Waals surface area contributed by atoms with E-state index in [1.54, 1.807) is 6.07 Å². The lowest BCUT2D eigenvalue weighted by Crippen LogP contribution is -2.49. The number of amides is 1. The van der Waals surface area contributed by atoms with Crippen LogP contribution in [0, 0.1) is 10.1 Å². The van der Waals surface area contributed by atoms with Crippen molar-refractivity contribution in [2.45, 2.75) is 19.9 Å². The molecule has 0 radical (unpaired) electrons. The molecule has 0 atom stereocenters. The quantitative estimate of drug-likeness (QED) is 0.524. The largest absolute Gasteiger partial charge is 0.369 e. The monoisotopic (exact) mass is 438 g/mol.